The number of aliphatic hydroxyl groups is 1. The quantitative estimate of drug-likeness (QED) is 0.905. The topological polar surface area (TPSA) is 63.6 Å². The van der Waals surface area contributed by atoms with Crippen molar-refractivity contribution in [3.05, 3.63) is 29.3 Å². The Balaban J connectivity index is 1.99. The molecule has 2 rings (SSSR count). The lowest BCUT2D eigenvalue weighted by Crippen LogP contribution is -2.22. The molecule has 5 heteroatoms. The monoisotopic (exact) mass is 298 g/mol. The molecule has 1 atom stereocenters. The minimum atomic E-state index is -3.07. The lowest BCUT2D eigenvalue weighted by molar-refractivity contribution is 0.156. The van der Waals surface area contributed by atoms with Crippen LogP contribution < -0.4 is 4.74 Å². The molecule has 0 bridgehead atoms. The summed E-state index contributed by atoms with van der Waals surface area (Å²) < 4.78 is 28.9. The number of rotatable bonds is 5. The first-order valence-electron chi connectivity index (χ1n) is 7.05. The van der Waals surface area contributed by atoms with Gasteiger partial charge in [0.25, 0.3) is 0 Å². The van der Waals surface area contributed by atoms with Crippen LogP contribution in [0.1, 0.15) is 43.9 Å². The highest BCUT2D eigenvalue weighted by molar-refractivity contribution is 7.91. The molecule has 0 fully saturated rings. The van der Waals surface area contributed by atoms with Gasteiger partial charge in [-0.05, 0) is 56.4 Å². The summed E-state index contributed by atoms with van der Waals surface area (Å²) in [5.41, 5.74) is 2.08. The van der Waals surface area contributed by atoms with Gasteiger partial charge in [0.1, 0.15) is 12.4 Å². The fraction of sp³-hybridized carbons (Fsp3) is 0.600. The van der Waals surface area contributed by atoms with Crippen molar-refractivity contribution in [3.63, 3.8) is 0 Å². The maximum absolute atomic E-state index is 11.7. The fourth-order valence-corrected chi connectivity index (χ4v) is 3.14. The smallest absolute Gasteiger partial charge is 0.155 e. The predicted molar refractivity (Wildman–Crippen MR) is 78.8 cm³/mol. The highest BCUT2D eigenvalue weighted by Gasteiger charge is 2.19. The fourth-order valence-electron chi connectivity index (χ4n) is 2.35. The van der Waals surface area contributed by atoms with E-state index in [4.69, 9.17) is 4.74 Å². The molecule has 1 aromatic rings. The van der Waals surface area contributed by atoms with E-state index in [9.17, 15) is 13.5 Å². The Bertz CT molecular complexity index is 563. The Kier molecular flexibility index (Phi) is 4.70. The van der Waals surface area contributed by atoms with Gasteiger partial charge in [0, 0.05) is 0 Å². The van der Waals surface area contributed by atoms with E-state index >= 15 is 0 Å². The summed E-state index contributed by atoms with van der Waals surface area (Å²) in [6.45, 7) is 3.49. The van der Waals surface area contributed by atoms with E-state index in [0.717, 1.165) is 30.4 Å². The van der Waals surface area contributed by atoms with Crippen molar-refractivity contribution in [2.75, 3.05) is 12.4 Å². The Morgan fingerprint density at radius 3 is 2.85 bits per heavy atom. The van der Waals surface area contributed by atoms with Crippen LogP contribution in [-0.4, -0.2) is 31.1 Å². The third kappa shape index (κ3) is 3.52. The van der Waals surface area contributed by atoms with Gasteiger partial charge in [-0.2, -0.15) is 0 Å². The molecule has 0 saturated carbocycles. The van der Waals surface area contributed by atoms with Crippen molar-refractivity contribution < 1.29 is 18.3 Å². The Labute approximate surface area is 120 Å². The van der Waals surface area contributed by atoms with Crippen LogP contribution in [0.4, 0.5) is 0 Å². The number of benzene rings is 1. The second-order valence-electron chi connectivity index (χ2n) is 5.53. The van der Waals surface area contributed by atoms with Gasteiger partial charge < -0.3 is 9.84 Å². The zero-order chi connectivity index (χ0) is 14.8. The maximum atomic E-state index is 11.7. The molecular weight excluding hydrogens is 276 g/mol. The summed E-state index contributed by atoms with van der Waals surface area (Å²) in [5, 5.41) is 9.58. The predicted octanol–water partition coefficient (Wildman–Crippen LogP) is 2.26. The highest BCUT2D eigenvalue weighted by atomic mass is 32.2. The molecule has 1 aliphatic carbocycles. The molecule has 20 heavy (non-hydrogen) atoms. The van der Waals surface area contributed by atoms with Gasteiger partial charge in [-0.25, -0.2) is 8.42 Å². The van der Waals surface area contributed by atoms with Crippen molar-refractivity contribution >= 4 is 9.84 Å². The summed E-state index contributed by atoms with van der Waals surface area (Å²) >= 11 is 0. The van der Waals surface area contributed by atoms with Crippen LogP contribution in [0.5, 0.6) is 5.75 Å². The molecule has 0 aliphatic heterocycles. The lowest BCUT2D eigenvalue weighted by Gasteiger charge is -2.22. The Morgan fingerprint density at radius 1 is 1.40 bits per heavy atom. The van der Waals surface area contributed by atoms with E-state index < -0.39 is 15.9 Å². The van der Waals surface area contributed by atoms with Crippen LogP contribution in [0.25, 0.3) is 0 Å². The molecule has 1 aromatic carbocycles. The number of ether oxygens (including phenoxy) is 1. The average molecular weight is 298 g/mol. The van der Waals surface area contributed by atoms with Gasteiger partial charge in [0.15, 0.2) is 9.84 Å². The summed E-state index contributed by atoms with van der Waals surface area (Å²) in [7, 11) is -3.07. The van der Waals surface area contributed by atoms with E-state index in [0.29, 0.717) is 5.75 Å². The Hall–Kier alpha value is -1.07. The van der Waals surface area contributed by atoms with E-state index in [1.807, 2.05) is 18.2 Å². The molecule has 1 N–H and O–H groups in total. The molecule has 0 saturated heterocycles. The van der Waals surface area contributed by atoms with Gasteiger partial charge >= 0.3 is 0 Å². The molecule has 0 amide bonds. The van der Waals surface area contributed by atoms with E-state index in [2.05, 4.69) is 0 Å². The van der Waals surface area contributed by atoms with Crippen LogP contribution in [0.2, 0.25) is 0 Å². The number of sulfone groups is 1. The van der Waals surface area contributed by atoms with Crippen LogP contribution in [0, 0.1) is 0 Å². The first-order chi connectivity index (χ1) is 9.40. The number of fused-ring (bicyclic) bond motifs is 1. The minimum Gasteiger partial charge on any atom is -0.493 e. The maximum Gasteiger partial charge on any atom is 0.155 e. The van der Waals surface area contributed by atoms with Crippen LogP contribution in [-0.2, 0) is 16.3 Å². The largest absolute Gasteiger partial charge is 0.493 e. The summed E-state index contributed by atoms with van der Waals surface area (Å²) in [6.07, 6.45) is 2.33. The van der Waals surface area contributed by atoms with E-state index in [1.165, 1.54) is 0 Å². The standard InChI is InChI=1S/C15H22O4S/c1-11(2)20(17,18)9-8-19-13-7-6-12-4-3-5-15(16)14(12)10-13/h6-7,10-11,15-16H,3-5,8-9H2,1-2H3. The third-order valence-electron chi connectivity index (χ3n) is 3.75. The second-order valence-corrected chi connectivity index (χ2v) is 8.21. The minimum absolute atomic E-state index is 0.0182. The van der Waals surface area contributed by atoms with Crippen molar-refractivity contribution in [3.8, 4) is 5.75 Å². The van der Waals surface area contributed by atoms with Crippen LogP contribution in [0.15, 0.2) is 18.2 Å². The molecule has 0 heterocycles. The van der Waals surface area contributed by atoms with Crippen molar-refractivity contribution in [1.82, 2.24) is 0 Å². The molecule has 0 spiro atoms. The number of aryl methyl sites for hydroxylation is 1. The third-order valence-corrected chi connectivity index (χ3v) is 5.93. The van der Waals surface area contributed by atoms with Crippen molar-refractivity contribution in [2.24, 2.45) is 0 Å². The molecule has 0 aromatic heterocycles. The molecule has 1 unspecified atom stereocenters. The van der Waals surface area contributed by atoms with Crippen LogP contribution in [0.3, 0.4) is 0 Å². The molecule has 112 valence electrons. The summed E-state index contributed by atoms with van der Waals surface area (Å²) in [6, 6.07) is 5.64. The van der Waals surface area contributed by atoms with Gasteiger partial charge in [-0.3, -0.25) is 0 Å². The SMILES string of the molecule is CC(C)S(=O)(=O)CCOc1ccc2c(c1)C(O)CCC2. The highest BCUT2D eigenvalue weighted by Crippen LogP contribution is 2.32. The van der Waals surface area contributed by atoms with Crippen molar-refractivity contribution in [1.29, 1.82) is 0 Å². The average Bonchev–Trinajstić information content (AvgIpc) is 2.39. The van der Waals surface area contributed by atoms with Gasteiger partial charge in [-0.1, -0.05) is 6.07 Å². The zero-order valence-corrected chi connectivity index (χ0v) is 12.8. The first kappa shape index (κ1) is 15.3. The molecular formula is C15H22O4S. The normalized spacial score (nSPS) is 18.9. The van der Waals surface area contributed by atoms with Gasteiger partial charge in [-0.15, -0.1) is 0 Å². The van der Waals surface area contributed by atoms with Gasteiger partial charge in [0.05, 0.1) is 17.1 Å². The van der Waals surface area contributed by atoms with Gasteiger partial charge in [0.2, 0.25) is 0 Å². The van der Waals surface area contributed by atoms with E-state index in [1.54, 1.807) is 13.8 Å². The summed E-state index contributed by atoms with van der Waals surface area (Å²) in [5.74, 6) is 0.647. The zero-order valence-electron chi connectivity index (χ0n) is 12.0. The van der Waals surface area contributed by atoms with Crippen molar-refractivity contribution in [2.45, 2.75) is 44.5 Å². The second kappa shape index (κ2) is 6.14. The number of aliphatic hydroxyl groups excluding tert-OH is 1. The lowest BCUT2D eigenvalue weighted by atomic mass is 9.89. The summed E-state index contributed by atoms with van der Waals surface area (Å²) in [4.78, 5) is 0. The number of hydrogen-bond acceptors (Lipinski definition) is 4. The first-order valence-corrected chi connectivity index (χ1v) is 8.77. The molecule has 0 radical (unpaired) electrons. The Morgan fingerprint density at radius 2 is 2.15 bits per heavy atom. The van der Waals surface area contributed by atoms with E-state index in [-0.39, 0.29) is 17.6 Å². The molecule has 1 aliphatic rings. The molecule has 4 nitrogen and oxygen atoms in total. The number of hydrogen-bond donors (Lipinski definition) is 1. The van der Waals surface area contributed by atoms with Crippen LogP contribution >= 0.6 is 0 Å².